The van der Waals surface area contributed by atoms with E-state index in [1.165, 1.54) is 44.1 Å². The molecule has 0 spiro atoms. The highest BCUT2D eigenvalue weighted by Crippen LogP contribution is 2.32. The van der Waals surface area contributed by atoms with Crippen LogP contribution in [0.25, 0.3) is 0 Å². The van der Waals surface area contributed by atoms with Gasteiger partial charge in [0.25, 0.3) is 0 Å². The van der Waals surface area contributed by atoms with Gasteiger partial charge in [-0.15, -0.1) is 0 Å². The van der Waals surface area contributed by atoms with Crippen LogP contribution in [0.15, 0.2) is 16.7 Å². The average Bonchev–Trinajstić information content (AvgIpc) is 2.74. The fourth-order valence-electron chi connectivity index (χ4n) is 2.91. The van der Waals surface area contributed by atoms with Crippen LogP contribution in [0.2, 0.25) is 0 Å². The summed E-state index contributed by atoms with van der Waals surface area (Å²) in [7, 11) is 2.06. The van der Waals surface area contributed by atoms with Gasteiger partial charge in [0, 0.05) is 11.6 Å². The summed E-state index contributed by atoms with van der Waals surface area (Å²) >= 11 is 0. The molecule has 1 N–H and O–H groups in total. The van der Waals surface area contributed by atoms with Gasteiger partial charge in [-0.25, -0.2) is 0 Å². The lowest BCUT2D eigenvalue weighted by Crippen LogP contribution is -2.21. The molecule has 1 aromatic rings. The summed E-state index contributed by atoms with van der Waals surface area (Å²) in [6.45, 7) is 2.06. The summed E-state index contributed by atoms with van der Waals surface area (Å²) < 4.78 is 5.40. The van der Waals surface area contributed by atoms with Gasteiger partial charge in [0.05, 0.1) is 6.26 Å². The van der Waals surface area contributed by atoms with Crippen LogP contribution in [-0.4, -0.2) is 7.05 Å². The van der Waals surface area contributed by atoms with E-state index in [1.807, 2.05) is 0 Å². The van der Waals surface area contributed by atoms with Crippen molar-refractivity contribution in [1.29, 1.82) is 0 Å². The molecule has 90 valence electrons. The summed E-state index contributed by atoms with van der Waals surface area (Å²) in [5.41, 5.74) is 1.34. The maximum atomic E-state index is 5.40. The van der Waals surface area contributed by atoms with Gasteiger partial charge in [0.1, 0.15) is 5.76 Å². The quantitative estimate of drug-likeness (QED) is 0.836. The van der Waals surface area contributed by atoms with Gasteiger partial charge >= 0.3 is 0 Å². The van der Waals surface area contributed by atoms with E-state index in [9.17, 15) is 0 Å². The van der Waals surface area contributed by atoms with E-state index >= 15 is 0 Å². The normalized spacial score (nSPS) is 19.9. The SMILES string of the molecule is CNC(CC1CCCCC1)c1ccoc1C. The Morgan fingerprint density at radius 2 is 2.12 bits per heavy atom. The predicted molar refractivity (Wildman–Crippen MR) is 66.4 cm³/mol. The molecule has 0 radical (unpaired) electrons. The molecule has 0 aliphatic heterocycles. The van der Waals surface area contributed by atoms with Crippen molar-refractivity contribution in [2.45, 2.75) is 51.5 Å². The molecule has 2 rings (SSSR count). The van der Waals surface area contributed by atoms with E-state index in [4.69, 9.17) is 4.42 Å². The Balaban J connectivity index is 1.97. The van der Waals surface area contributed by atoms with Crippen LogP contribution in [-0.2, 0) is 0 Å². The maximum Gasteiger partial charge on any atom is 0.105 e. The lowest BCUT2D eigenvalue weighted by atomic mass is 9.83. The number of nitrogens with one attached hydrogen (secondary N) is 1. The van der Waals surface area contributed by atoms with Crippen molar-refractivity contribution in [2.75, 3.05) is 7.05 Å². The van der Waals surface area contributed by atoms with Crippen molar-refractivity contribution in [3.63, 3.8) is 0 Å². The van der Waals surface area contributed by atoms with Crippen molar-refractivity contribution in [3.8, 4) is 0 Å². The Bertz CT molecular complexity index is 312. The molecule has 1 unspecified atom stereocenters. The Hall–Kier alpha value is -0.760. The summed E-state index contributed by atoms with van der Waals surface area (Å²) in [6.07, 6.45) is 10.2. The number of rotatable bonds is 4. The van der Waals surface area contributed by atoms with E-state index in [-0.39, 0.29) is 0 Å². The van der Waals surface area contributed by atoms with E-state index in [0.717, 1.165) is 11.7 Å². The molecule has 16 heavy (non-hydrogen) atoms. The third-order valence-electron chi connectivity index (χ3n) is 3.92. The highest BCUT2D eigenvalue weighted by molar-refractivity contribution is 5.20. The van der Waals surface area contributed by atoms with Crippen LogP contribution in [0.1, 0.15) is 55.9 Å². The van der Waals surface area contributed by atoms with Gasteiger partial charge in [-0.2, -0.15) is 0 Å². The van der Waals surface area contributed by atoms with Gasteiger partial charge in [-0.05, 0) is 32.4 Å². The summed E-state index contributed by atoms with van der Waals surface area (Å²) in [5, 5.41) is 3.43. The largest absolute Gasteiger partial charge is 0.469 e. The van der Waals surface area contributed by atoms with Crippen LogP contribution in [0.4, 0.5) is 0 Å². The molecular formula is C14H23NO. The van der Waals surface area contributed by atoms with E-state index in [1.54, 1.807) is 6.26 Å². The zero-order chi connectivity index (χ0) is 11.4. The molecule has 1 aliphatic carbocycles. The van der Waals surface area contributed by atoms with Crippen molar-refractivity contribution in [3.05, 3.63) is 23.7 Å². The second-order valence-corrected chi connectivity index (χ2v) is 5.01. The minimum Gasteiger partial charge on any atom is -0.469 e. The first-order valence-corrected chi connectivity index (χ1v) is 6.52. The van der Waals surface area contributed by atoms with Crippen molar-refractivity contribution in [1.82, 2.24) is 5.32 Å². The highest BCUT2D eigenvalue weighted by Gasteiger charge is 2.21. The van der Waals surface area contributed by atoms with Crippen molar-refractivity contribution < 1.29 is 4.42 Å². The molecule has 1 aliphatic rings. The zero-order valence-electron chi connectivity index (χ0n) is 10.5. The standard InChI is InChI=1S/C14H23NO/c1-11-13(8-9-16-11)14(15-2)10-12-6-4-3-5-7-12/h8-9,12,14-15H,3-7,10H2,1-2H3. The van der Waals surface area contributed by atoms with Crippen LogP contribution >= 0.6 is 0 Å². The molecular weight excluding hydrogens is 198 g/mol. The number of furan rings is 1. The second-order valence-electron chi connectivity index (χ2n) is 5.01. The van der Waals surface area contributed by atoms with Gasteiger partial charge < -0.3 is 9.73 Å². The first-order valence-electron chi connectivity index (χ1n) is 6.52. The fourth-order valence-corrected chi connectivity index (χ4v) is 2.91. The molecule has 2 heteroatoms. The van der Waals surface area contributed by atoms with Crippen LogP contribution in [0, 0.1) is 12.8 Å². The minimum absolute atomic E-state index is 0.474. The molecule has 0 amide bonds. The lowest BCUT2D eigenvalue weighted by molar-refractivity contribution is 0.304. The Labute approximate surface area is 98.4 Å². The first kappa shape index (κ1) is 11.7. The minimum atomic E-state index is 0.474. The second kappa shape index (κ2) is 5.53. The topological polar surface area (TPSA) is 25.2 Å². The van der Waals surface area contributed by atoms with Gasteiger partial charge in [0.15, 0.2) is 0 Å². The number of hydrogen-bond donors (Lipinski definition) is 1. The number of hydrogen-bond acceptors (Lipinski definition) is 2. The third-order valence-corrected chi connectivity index (χ3v) is 3.92. The predicted octanol–water partition coefficient (Wildman–Crippen LogP) is 3.82. The van der Waals surface area contributed by atoms with E-state index in [0.29, 0.717) is 6.04 Å². The van der Waals surface area contributed by atoms with Crippen LogP contribution in [0.3, 0.4) is 0 Å². The summed E-state index contributed by atoms with van der Waals surface area (Å²) in [6, 6.07) is 2.58. The van der Waals surface area contributed by atoms with Crippen LogP contribution in [0.5, 0.6) is 0 Å². The Kier molecular flexibility index (Phi) is 4.05. The molecule has 1 aromatic heterocycles. The average molecular weight is 221 g/mol. The summed E-state index contributed by atoms with van der Waals surface area (Å²) in [5.74, 6) is 1.97. The fraction of sp³-hybridized carbons (Fsp3) is 0.714. The highest BCUT2D eigenvalue weighted by atomic mass is 16.3. The smallest absolute Gasteiger partial charge is 0.105 e. The molecule has 1 fully saturated rings. The summed E-state index contributed by atoms with van der Waals surface area (Å²) in [4.78, 5) is 0. The lowest BCUT2D eigenvalue weighted by Gasteiger charge is -2.26. The number of aryl methyl sites for hydroxylation is 1. The van der Waals surface area contributed by atoms with Crippen LogP contribution < -0.4 is 5.32 Å². The first-order chi connectivity index (χ1) is 7.81. The van der Waals surface area contributed by atoms with Gasteiger partial charge in [0.2, 0.25) is 0 Å². The monoisotopic (exact) mass is 221 g/mol. The maximum absolute atomic E-state index is 5.40. The van der Waals surface area contributed by atoms with E-state index in [2.05, 4.69) is 25.4 Å². The molecule has 0 saturated heterocycles. The molecule has 0 aromatic carbocycles. The zero-order valence-corrected chi connectivity index (χ0v) is 10.5. The molecule has 1 atom stereocenters. The Morgan fingerprint density at radius 1 is 1.38 bits per heavy atom. The molecule has 1 saturated carbocycles. The van der Waals surface area contributed by atoms with Gasteiger partial charge in [-0.3, -0.25) is 0 Å². The van der Waals surface area contributed by atoms with Crippen molar-refractivity contribution >= 4 is 0 Å². The molecule has 1 heterocycles. The van der Waals surface area contributed by atoms with E-state index < -0.39 is 0 Å². The third kappa shape index (κ3) is 2.67. The van der Waals surface area contributed by atoms with Crippen molar-refractivity contribution in [2.24, 2.45) is 5.92 Å². The molecule has 2 nitrogen and oxygen atoms in total. The van der Waals surface area contributed by atoms with Gasteiger partial charge in [-0.1, -0.05) is 32.1 Å². The Morgan fingerprint density at radius 3 is 2.69 bits per heavy atom. The molecule has 0 bridgehead atoms.